The third-order valence-electron chi connectivity index (χ3n) is 3.84. The van der Waals surface area contributed by atoms with E-state index in [1.165, 1.54) is 0 Å². The van der Waals surface area contributed by atoms with E-state index >= 15 is 0 Å². The van der Waals surface area contributed by atoms with E-state index in [0.29, 0.717) is 60.1 Å². The molecule has 0 saturated heterocycles. The van der Waals surface area contributed by atoms with Gasteiger partial charge in [0.05, 0.1) is 25.3 Å². The Balaban J connectivity index is 1.83. The molecule has 8 heteroatoms. The predicted molar refractivity (Wildman–Crippen MR) is 107 cm³/mol. The van der Waals surface area contributed by atoms with Gasteiger partial charge in [-0.15, -0.1) is 0 Å². The molecule has 1 aromatic heterocycles. The third-order valence-corrected chi connectivity index (χ3v) is 4.77. The highest BCUT2D eigenvalue weighted by Gasteiger charge is 2.11. The van der Waals surface area contributed by atoms with Crippen LogP contribution in [0, 0.1) is 6.92 Å². The van der Waals surface area contributed by atoms with Crippen molar-refractivity contribution in [1.82, 2.24) is 15.1 Å². The Morgan fingerprint density at radius 2 is 1.89 bits per heavy atom. The van der Waals surface area contributed by atoms with Crippen LogP contribution in [0.3, 0.4) is 0 Å². The van der Waals surface area contributed by atoms with E-state index < -0.39 is 0 Å². The van der Waals surface area contributed by atoms with E-state index in [-0.39, 0.29) is 12.3 Å². The molecule has 27 heavy (non-hydrogen) atoms. The molecule has 148 valence electrons. The van der Waals surface area contributed by atoms with E-state index in [4.69, 9.17) is 32.7 Å². The number of nitrogens with one attached hydrogen (secondary N) is 1. The topological polar surface area (TPSA) is 65.4 Å². The number of rotatable bonds is 10. The number of carbonyl (C=O) groups excluding carboxylic acids is 1. The maximum absolute atomic E-state index is 12.2. The van der Waals surface area contributed by atoms with E-state index in [1.54, 1.807) is 11.6 Å². The number of hydrogen-bond acceptors (Lipinski definition) is 4. The number of hydrogen-bond donors (Lipinski definition) is 1. The zero-order valence-corrected chi connectivity index (χ0v) is 17.4. The van der Waals surface area contributed by atoms with Gasteiger partial charge in [0.2, 0.25) is 5.91 Å². The van der Waals surface area contributed by atoms with Crippen molar-refractivity contribution in [2.45, 2.75) is 40.2 Å². The molecule has 0 unspecified atom stereocenters. The first-order chi connectivity index (χ1) is 13.0. The number of carbonyl (C=O) groups is 1. The second-order valence-corrected chi connectivity index (χ2v) is 6.68. The lowest BCUT2D eigenvalue weighted by Gasteiger charge is -2.12. The molecule has 1 amide bonds. The fraction of sp³-hybridized carbons (Fsp3) is 0.474. The largest absolute Gasteiger partial charge is 0.490 e. The van der Waals surface area contributed by atoms with E-state index in [2.05, 4.69) is 10.4 Å². The highest BCUT2D eigenvalue weighted by molar-refractivity contribution is 6.41. The number of halogens is 2. The first-order valence-corrected chi connectivity index (χ1v) is 9.75. The lowest BCUT2D eigenvalue weighted by molar-refractivity contribution is -0.120. The summed E-state index contributed by atoms with van der Waals surface area (Å²) in [5.74, 6) is 1.29. The van der Waals surface area contributed by atoms with Gasteiger partial charge >= 0.3 is 0 Å². The van der Waals surface area contributed by atoms with Crippen LogP contribution in [0.1, 0.15) is 31.5 Å². The Kier molecular flexibility index (Phi) is 8.25. The van der Waals surface area contributed by atoms with Crippen molar-refractivity contribution in [2.75, 3.05) is 19.8 Å². The quantitative estimate of drug-likeness (QED) is 0.596. The lowest BCUT2D eigenvalue weighted by atomic mass is 10.1. The van der Waals surface area contributed by atoms with Gasteiger partial charge in [0.15, 0.2) is 11.5 Å². The summed E-state index contributed by atoms with van der Waals surface area (Å²) in [5, 5.41) is 8.07. The number of aromatic nitrogens is 2. The summed E-state index contributed by atoms with van der Waals surface area (Å²) in [4.78, 5) is 12.2. The number of amides is 1. The fourth-order valence-corrected chi connectivity index (χ4v) is 2.98. The van der Waals surface area contributed by atoms with Gasteiger partial charge in [0.25, 0.3) is 0 Å². The summed E-state index contributed by atoms with van der Waals surface area (Å²) in [5.41, 5.74) is 1.57. The summed E-state index contributed by atoms with van der Waals surface area (Å²) in [7, 11) is 0. The van der Waals surface area contributed by atoms with Crippen LogP contribution in [0.25, 0.3) is 0 Å². The van der Waals surface area contributed by atoms with Crippen molar-refractivity contribution in [2.24, 2.45) is 0 Å². The molecule has 0 saturated carbocycles. The van der Waals surface area contributed by atoms with Crippen molar-refractivity contribution < 1.29 is 14.3 Å². The molecule has 0 atom stereocenters. The number of benzene rings is 1. The molecule has 0 fully saturated rings. The van der Waals surface area contributed by atoms with Crippen LogP contribution in [0.4, 0.5) is 0 Å². The minimum absolute atomic E-state index is 0.0533. The molecule has 0 aliphatic heterocycles. The third kappa shape index (κ3) is 6.04. The molecule has 2 aromatic rings. The van der Waals surface area contributed by atoms with Gasteiger partial charge in [-0.2, -0.15) is 5.10 Å². The standard InChI is InChI=1S/C19H25Cl2N3O3/c1-4-26-15-8-7-14(11-16(15)27-5-2)12-17(25)22-9-6-10-24-19(21)18(20)13(3)23-24/h7-8,11H,4-6,9-10,12H2,1-3H3,(H,22,25). The normalized spacial score (nSPS) is 10.7. The van der Waals surface area contributed by atoms with Gasteiger partial charge in [-0.1, -0.05) is 29.3 Å². The van der Waals surface area contributed by atoms with Gasteiger partial charge in [-0.05, 0) is 44.9 Å². The van der Waals surface area contributed by atoms with Crippen molar-refractivity contribution in [3.05, 3.63) is 39.6 Å². The Hall–Kier alpha value is -1.92. The van der Waals surface area contributed by atoms with Crippen LogP contribution in [-0.4, -0.2) is 35.4 Å². The SMILES string of the molecule is CCOc1ccc(CC(=O)NCCCn2nc(C)c(Cl)c2Cl)cc1OCC. The molecule has 0 aliphatic carbocycles. The number of aryl methyl sites for hydroxylation is 2. The molecular weight excluding hydrogens is 389 g/mol. The summed E-state index contributed by atoms with van der Waals surface area (Å²) in [6.07, 6.45) is 0.982. The van der Waals surface area contributed by atoms with Gasteiger partial charge in [-0.3, -0.25) is 9.48 Å². The Bertz CT molecular complexity index is 778. The molecule has 1 heterocycles. The zero-order chi connectivity index (χ0) is 19.8. The zero-order valence-electron chi connectivity index (χ0n) is 15.8. The monoisotopic (exact) mass is 413 g/mol. The molecule has 2 rings (SSSR count). The maximum atomic E-state index is 12.2. The predicted octanol–water partition coefficient (Wildman–Crippen LogP) is 4.04. The first-order valence-electron chi connectivity index (χ1n) is 8.99. The maximum Gasteiger partial charge on any atom is 0.224 e. The van der Waals surface area contributed by atoms with Crippen LogP contribution in [0.5, 0.6) is 11.5 Å². The van der Waals surface area contributed by atoms with E-state index in [9.17, 15) is 4.79 Å². The average Bonchev–Trinajstić information content (AvgIpc) is 2.88. The van der Waals surface area contributed by atoms with Crippen LogP contribution in [0.2, 0.25) is 10.2 Å². The van der Waals surface area contributed by atoms with Gasteiger partial charge in [0.1, 0.15) is 10.2 Å². The summed E-state index contributed by atoms with van der Waals surface area (Å²) in [6.45, 7) is 7.85. The Morgan fingerprint density at radius 1 is 1.19 bits per heavy atom. The van der Waals surface area contributed by atoms with Crippen molar-refractivity contribution in [1.29, 1.82) is 0 Å². The van der Waals surface area contributed by atoms with Gasteiger partial charge < -0.3 is 14.8 Å². The highest BCUT2D eigenvalue weighted by Crippen LogP contribution is 2.28. The molecule has 0 spiro atoms. The molecule has 1 aromatic carbocycles. The number of nitrogens with zero attached hydrogens (tertiary/aromatic N) is 2. The van der Waals surface area contributed by atoms with Crippen LogP contribution < -0.4 is 14.8 Å². The molecule has 0 bridgehead atoms. The summed E-state index contributed by atoms with van der Waals surface area (Å²) in [6, 6.07) is 5.56. The van der Waals surface area contributed by atoms with Crippen LogP contribution >= 0.6 is 23.2 Å². The summed E-state index contributed by atoms with van der Waals surface area (Å²) >= 11 is 12.1. The summed E-state index contributed by atoms with van der Waals surface area (Å²) < 4.78 is 12.8. The second kappa shape index (κ2) is 10.4. The molecule has 1 N–H and O–H groups in total. The number of ether oxygens (including phenoxy) is 2. The fourth-order valence-electron chi connectivity index (χ4n) is 2.59. The minimum atomic E-state index is -0.0533. The van der Waals surface area contributed by atoms with Gasteiger partial charge in [-0.25, -0.2) is 0 Å². The molecule has 0 radical (unpaired) electrons. The molecule has 6 nitrogen and oxygen atoms in total. The van der Waals surface area contributed by atoms with Crippen LogP contribution in [-0.2, 0) is 17.8 Å². The molecular formula is C19H25Cl2N3O3. The van der Waals surface area contributed by atoms with Crippen molar-refractivity contribution in [3.8, 4) is 11.5 Å². The van der Waals surface area contributed by atoms with Gasteiger partial charge in [0, 0.05) is 13.1 Å². The van der Waals surface area contributed by atoms with Crippen LogP contribution in [0.15, 0.2) is 18.2 Å². The molecule has 0 aliphatic rings. The van der Waals surface area contributed by atoms with E-state index in [0.717, 1.165) is 5.56 Å². The Labute approximate surface area is 169 Å². The smallest absolute Gasteiger partial charge is 0.224 e. The Morgan fingerprint density at radius 3 is 2.52 bits per heavy atom. The first kappa shape index (κ1) is 21.4. The van der Waals surface area contributed by atoms with Crippen molar-refractivity contribution in [3.63, 3.8) is 0 Å². The van der Waals surface area contributed by atoms with Crippen molar-refractivity contribution >= 4 is 29.1 Å². The second-order valence-electron chi connectivity index (χ2n) is 5.94. The lowest BCUT2D eigenvalue weighted by Crippen LogP contribution is -2.27. The minimum Gasteiger partial charge on any atom is -0.490 e. The van der Waals surface area contributed by atoms with E-state index in [1.807, 2.05) is 32.0 Å². The highest BCUT2D eigenvalue weighted by atomic mass is 35.5. The average molecular weight is 414 g/mol.